The van der Waals surface area contributed by atoms with E-state index >= 15 is 0 Å². The highest BCUT2D eigenvalue weighted by Crippen LogP contribution is 2.07. The van der Waals surface area contributed by atoms with E-state index in [9.17, 15) is 8.78 Å². The predicted octanol–water partition coefficient (Wildman–Crippen LogP) is 3.06. The molecule has 0 atom stereocenters. The molecular formula is C13H17F2N. The monoisotopic (exact) mass is 225 g/mol. The minimum atomic E-state index is -0.515. The Hall–Kier alpha value is -1.22. The lowest BCUT2D eigenvalue weighted by atomic mass is 10.1. The molecule has 0 aliphatic heterocycles. The van der Waals surface area contributed by atoms with Crippen molar-refractivity contribution >= 4 is 0 Å². The number of halogens is 2. The Labute approximate surface area is 95.2 Å². The van der Waals surface area contributed by atoms with Gasteiger partial charge in [-0.05, 0) is 44.5 Å². The maximum atomic E-state index is 12.8. The van der Waals surface area contributed by atoms with Gasteiger partial charge in [-0.3, -0.25) is 0 Å². The number of allylic oxidation sites excluding steroid dienone is 1. The Morgan fingerprint density at radius 2 is 1.81 bits per heavy atom. The second-order valence-corrected chi connectivity index (χ2v) is 4.01. The van der Waals surface area contributed by atoms with E-state index < -0.39 is 11.6 Å². The lowest BCUT2D eigenvalue weighted by Gasteiger charge is -2.03. The van der Waals surface area contributed by atoms with Crippen molar-refractivity contribution in [3.8, 4) is 0 Å². The van der Waals surface area contributed by atoms with Gasteiger partial charge in [-0.15, -0.1) is 0 Å². The van der Waals surface area contributed by atoms with Gasteiger partial charge in [-0.1, -0.05) is 11.6 Å². The molecule has 1 rings (SSSR count). The number of hydrogen-bond acceptors (Lipinski definition) is 1. The summed E-state index contributed by atoms with van der Waals surface area (Å²) < 4.78 is 25.7. The molecule has 0 aliphatic carbocycles. The fraction of sp³-hybridized carbons (Fsp3) is 0.385. The van der Waals surface area contributed by atoms with Crippen molar-refractivity contribution in [3.63, 3.8) is 0 Å². The molecule has 1 aromatic rings. The fourth-order valence-electron chi connectivity index (χ4n) is 1.37. The van der Waals surface area contributed by atoms with E-state index in [1.807, 2.05) is 13.8 Å². The van der Waals surface area contributed by atoms with Gasteiger partial charge in [0.05, 0.1) is 0 Å². The highest BCUT2D eigenvalue weighted by Gasteiger charge is 1.99. The molecule has 0 fully saturated rings. The first kappa shape index (κ1) is 12.8. The van der Waals surface area contributed by atoms with Crippen LogP contribution in [0.1, 0.15) is 19.4 Å². The molecule has 0 unspecified atom stereocenters. The van der Waals surface area contributed by atoms with Crippen LogP contribution in [-0.4, -0.2) is 13.1 Å². The van der Waals surface area contributed by atoms with Crippen LogP contribution in [0.15, 0.2) is 29.8 Å². The molecule has 1 aromatic carbocycles. The summed E-state index contributed by atoms with van der Waals surface area (Å²) in [5.41, 5.74) is 1.94. The Morgan fingerprint density at radius 3 is 2.38 bits per heavy atom. The molecule has 0 saturated carbocycles. The summed E-state index contributed by atoms with van der Waals surface area (Å²) in [7, 11) is 0. The van der Waals surface area contributed by atoms with Crippen molar-refractivity contribution in [3.05, 3.63) is 47.0 Å². The summed E-state index contributed by atoms with van der Waals surface area (Å²) in [6, 6.07) is 3.62. The highest BCUT2D eigenvalue weighted by molar-refractivity contribution is 5.18. The Balaban J connectivity index is 2.34. The van der Waals surface area contributed by atoms with Crippen LogP contribution in [0.5, 0.6) is 0 Å². The lowest BCUT2D eigenvalue weighted by Crippen LogP contribution is -2.17. The van der Waals surface area contributed by atoms with Crippen LogP contribution in [0, 0.1) is 11.6 Å². The normalized spacial score (nSPS) is 10.2. The summed E-state index contributed by atoms with van der Waals surface area (Å²) in [6.07, 6.45) is 2.71. The van der Waals surface area contributed by atoms with E-state index in [4.69, 9.17) is 0 Å². The molecule has 88 valence electrons. The molecule has 0 amide bonds. The maximum absolute atomic E-state index is 12.8. The molecule has 0 heterocycles. The van der Waals surface area contributed by atoms with Gasteiger partial charge >= 0.3 is 0 Å². The second kappa shape index (κ2) is 6.38. The molecule has 1 nitrogen and oxygen atoms in total. The first-order valence-corrected chi connectivity index (χ1v) is 5.37. The SMILES string of the molecule is CC(C)=CCNCCc1cc(F)cc(F)c1. The molecule has 0 bridgehead atoms. The van der Waals surface area contributed by atoms with Gasteiger partial charge in [0.15, 0.2) is 0 Å². The first-order chi connectivity index (χ1) is 7.58. The average Bonchev–Trinajstić information content (AvgIpc) is 2.15. The molecule has 0 saturated heterocycles. The van der Waals surface area contributed by atoms with Gasteiger partial charge in [0, 0.05) is 12.6 Å². The van der Waals surface area contributed by atoms with E-state index in [0.29, 0.717) is 18.5 Å². The van der Waals surface area contributed by atoms with E-state index in [1.165, 1.54) is 17.7 Å². The van der Waals surface area contributed by atoms with Gasteiger partial charge in [-0.25, -0.2) is 8.78 Å². The molecule has 0 spiro atoms. The molecular weight excluding hydrogens is 208 g/mol. The Bertz CT molecular complexity index is 348. The quantitative estimate of drug-likeness (QED) is 0.600. The van der Waals surface area contributed by atoms with Crippen LogP contribution in [-0.2, 0) is 6.42 Å². The lowest BCUT2D eigenvalue weighted by molar-refractivity contribution is 0.578. The summed E-state index contributed by atoms with van der Waals surface area (Å²) in [4.78, 5) is 0. The van der Waals surface area contributed by atoms with Gasteiger partial charge < -0.3 is 5.32 Å². The fourth-order valence-corrected chi connectivity index (χ4v) is 1.37. The molecule has 0 radical (unpaired) electrons. The van der Waals surface area contributed by atoms with Gasteiger partial charge in [0.1, 0.15) is 11.6 Å². The van der Waals surface area contributed by atoms with E-state index in [0.717, 1.165) is 12.6 Å². The highest BCUT2D eigenvalue weighted by atomic mass is 19.1. The zero-order chi connectivity index (χ0) is 12.0. The van der Waals surface area contributed by atoms with Crippen molar-refractivity contribution in [2.24, 2.45) is 0 Å². The standard InChI is InChI=1S/C13H17F2N/c1-10(2)3-5-16-6-4-11-7-12(14)9-13(15)8-11/h3,7-9,16H,4-6H2,1-2H3. The Kier molecular flexibility index (Phi) is 5.12. The van der Waals surface area contributed by atoms with Crippen LogP contribution < -0.4 is 5.32 Å². The average molecular weight is 225 g/mol. The van der Waals surface area contributed by atoms with Crippen LogP contribution in [0.25, 0.3) is 0 Å². The molecule has 16 heavy (non-hydrogen) atoms. The summed E-state index contributed by atoms with van der Waals surface area (Å²) in [5, 5.41) is 3.18. The second-order valence-electron chi connectivity index (χ2n) is 4.01. The van der Waals surface area contributed by atoms with E-state index in [2.05, 4.69) is 11.4 Å². The third-order valence-electron chi connectivity index (χ3n) is 2.17. The van der Waals surface area contributed by atoms with Crippen LogP contribution in [0.2, 0.25) is 0 Å². The zero-order valence-corrected chi connectivity index (χ0v) is 9.69. The van der Waals surface area contributed by atoms with Crippen molar-refractivity contribution < 1.29 is 8.78 Å². The van der Waals surface area contributed by atoms with Crippen molar-refractivity contribution in [2.75, 3.05) is 13.1 Å². The van der Waals surface area contributed by atoms with Crippen LogP contribution in [0.4, 0.5) is 8.78 Å². The van der Waals surface area contributed by atoms with Gasteiger partial charge in [0.2, 0.25) is 0 Å². The van der Waals surface area contributed by atoms with Crippen molar-refractivity contribution in [2.45, 2.75) is 20.3 Å². The molecule has 0 aliphatic rings. The molecule has 1 N–H and O–H groups in total. The van der Waals surface area contributed by atoms with Crippen molar-refractivity contribution in [1.82, 2.24) is 5.32 Å². The number of benzene rings is 1. The summed E-state index contributed by atoms with van der Waals surface area (Å²) >= 11 is 0. The number of nitrogens with one attached hydrogen (secondary N) is 1. The van der Waals surface area contributed by atoms with E-state index in [-0.39, 0.29) is 0 Å². The van der Waals surface area contributed by atoms with Crippen LogP contribution in [0.3, 0.4) is 0 Å². The number of hydrogen-bond donors (Lipinski definition) is 1. The van der Waals surface area contributed by atoms with Crippen LogP contribution >= 0.6 is 0 Å². The molecule has 0 aromatic heterocycles. The largest absolute Gasteiger partial charge is 0.313 e. The predicted molar refractivity (Wildman–Crippen MR) is 62.4 cm³/mol. The van der Waals surface area contributed by atoms with E-state index in [1.54, 1.807) is 0 Å². The Morgan fingerprint density at radius 1 is 1.19 bits per heavy atom. The summed E-state index contributed by atoms with van der Waals surface area (Å²) in [6.45, 7) is 5.57. The van der Waals surface area contributed by atoms with Gasteiger partial charge in [0.25, 0.3) is 0 Å². The maximum Gasteiger partial charge on any atom is 0.126 e. The molecule has 3 heteroatoms. The first-order valence-electron chi connectivity index (χ1n) is 5.37. The van der Waals surface area contributed by atoms with Gasteiger partial charge in [-0.2, -0.15) is 0 Å². The minimum absolute atomic E-state index is 0.515. The third kappa shape index (κ3) is 5.03. The summed E-state index contributed by atoms with van der Waals surface area (Å²) in [5.74, 6) is -1.03. The minimum Gasteiger partial charge on any atom is -0.313 e. The van der Waals surface area contributed by atoms with Crippen molar-refractivity contribution in [1.29, 1.82) is 0 Å². The topological polar surface area (TPSA) is 12.0 Å². The third-order valence-corrected chi connectivity index (χ3v) is 2.17. The number of rotatable bonds is 5. The zero-order valence-electron chi connectivity index (χ0n) is 9.69. The smallest absolute Gasteiger partial charge is 0.126 e.